The van der Waals surface area contributed by atoms with Crippen molar-refractivity contribution in [1.82, 2.24) is 5.32 Å². The molecule has 1 aliphatic rings. The van der Waals surface area contributed by atoms with Crippen LogP contribution in [0.3, 0.4) is 0 Å². The van der Waals surface area contributed by atoms with Crippen molar-refractivity contribution in [3.63, 3.8) is 0 Å². The summed E-state index contributed by atoms with van der Waals surface area (Å²) in [5.41, 5.74) is 7.15. The van der Waals surface area contributed by atoms with Gasteiger partial charge < -0.3 is 11.1 Å². The Morgan fingerprint density at radius 3 is 2.67 bits per heavy atom. The van der Waals surface area contributed by atoms with E-state index in [0.29, 0.717) is 21.5 Å². The molecule has 1 aromatic rings. The van der Waals surface area contributed by atoms with Gasteiger partial charge >= 0.3 is 0 Å². The number of carbonyl (C=O) groups is 1. The van der Waals surface area contributed by atoms with E-state index >= 15 is 0 Å². The van der Waals surface area contributed by atoms with Gasteiger partial charge in [-0.3, -0.25) is 4.79 Å². The third kappa shape index (κ3) is 3.21. The van der Waals surface area contributed by atoms with Gasteiger partial charge in [0, 0.05) is 10.6 Å². The summed E-state index contributed by atoms with van der Waals surface area (Å²) in [5.74, 6) is 0.219. The van der Waals surface area contributed by atoms with E-state index in [-0.39, 0.29) is 11.9 Å². The number of carbonyl (C=O) groups excluding carboxylic acids is 1. The minimum atomic E-state index is -0.202. The minimum absolute atomic E-state index is 0.176. The molecular formula is C13H15ClN2OS. The first-order chi connectivity index (χ1) is 8.47. The molecule has 0 spiro atoms. The largest absolute Gasteiger partial charge is 0.392 e. The molecule has 1 aromatic carbocycles. The van der Waals surface area contributed by atoms with E-state index < -0.39 is 0 Å². The van der Waals surface area contributed by atoms with Gasteiger partial charge in [-0.1, -0.05) is 23.8 Å². The second-order valence-corrected chi connectivity index (χ2v) is 5.62. The Kier molecular flexibility index (Phi) is 3.88. The molecule has 0 saturated heterocycles. The molecule has 0 radical (unpaired) electrons. The fraction of sp³-hybridized carbons (Fsp3) is 0.385. The maximum atomic E-state index is 12.1. The molecule has 18 heavy (non-hydrogen) atoms. The van der Waals surface area contributed by atoms with E-state index in [4.69, 9.17) is 29.6 Å². The molecule has 3 N–H and O–H groups in total. The van der Waals surface area contributed by atoms with Crippen molar-refractivity contribution >= 4 is 34.7 Å². The number of thiocarbonyl (C=S) groups is 1. The van der Waals surface area contributed by atoms with Crippen LogP contribution in [0.15, 0.2) is 18.2 Å². The molecule has 1 atom stereocenters. The smallest absolute Gasteiger partial charge is 0.251 e. The fourth-order valence-corrected chi connectivity index (χ4v) is 2.48. The van der Waals surface area contributed by atoms with Gasteiger partial charge in [-0.15, -0.1) is 0 Å². The van der Waals surface area contributed by atoms with Crippen molar-refractivity contribution in [1.29, 1.82) is 0 Å². The van der Waals surface area contributed by atoms with E-state index in [1.807, 2.05) is 13.0 Å². The highest BCUT2D eigenvalue weighted by molar-refractivity contribution is 7.80. The lowest BCUT2D eigenvalue weighted by Crippen LogP contribution is -2.45. The molecule has 0 aliphatic heterocycles. The average molecular weight is 283 g/mol. The predicted octanol–water partition coefficient (Wildman–Crippen LogP) is 2.44. The van der Waals surface area contributed by atoms with Crippen LogP contribution in [0.25, 0.3) is 0 Å². The van der Waals surface area contributed by atoms with Crippen LogP contribution in [0, 0.1) is 12.8 Å². The Balaban J connectivity index is 2.13. The summed E-state index contributed by atoms with van der Waals surface area (Å²) in [6, 6.07) is 5.05. The number of rotatable bonds is 4. The third-order valence-electron chi connectivity index (χ3n) is 2.99. The standard InChI is InChI=1S/C13H15ClN2OS/c1-7-4-9(6-10(14)5-7)13(17)16-11(12(15)18)8-2-3-8/h4-6,8,11H,2-3H2,1H3,(H2,15,18)(H,16,17). The molecule has 3 nitrogen and oxygen atoms in total. The Morgan fingerprint density at radius 2 is 2.17 bits per heavy atom. The zero-order valence-electron chi connectivity index (χ0n) is 10.1. The van der Waals surface area contributed by atoms with E-state index in [0.717, 1.165) is 18.4 Å². The zero-order valence-corrected chi connectivity index (χ0v) is 11.6. The highest BCUT2D eigenvalue weighted by Crippen LogP contribution is 2.33. The molecule has 1 saturated carbocycles. The van der Waals surface area contributed by atoms with Crippen molar-refractivity contribution in [3.8, 4) is 0 Å². The van der Waals surface area contributed by atoms with Gasteiger partial charge in [-0.2, -0.15) is 0 Å². The van der Waals surface area contributed by atoms with Gasteiger partial charge in [0.25, 0.3) is 5.91 Å². The maximum Gasteiger partial charge on any atom is 0.251 e. The van der Waals surface area contributed by atoms with E-state index in [1.165, 1.54) is 0 Å². The van der Waals surface area contributed by atoms with Crippen LogP contribution < -0.4 is 11.1 Å². The van der Waals surface area contributed by atoms with E-state index in [1.54, 1.807) is 12.1 Å². The number of aryl methyl sites for hydroxylation is 1. The Hall–Kier alpha value is -1.13. The number of hydrogen-bond donors (Lipinski definition) is 2. The Labute approximate surface area is 117 Å². The van der Waals surface area contributed by atoms with Crippen LogP contribution >= 0.6 is 23.8 Å². The molecular weight excluding hydrogens is 268 g/mol. The van der Waals surface area contributed by atoms with Crippen molar-refractivity contribution in [3.05, 3.63) is 34.3 Å². The monoisotopic (exact) mass is 282 g/mol. The summed E-state index contributed by atoms with van der Waals surface area (Å²) in [7, 11) is 0. The molecule has 2 rings (SSSR count). The van der Waals surface area contributed by atoms with Crippen LogP contribution in [-0.2, 0) is 0 Å². The number of halogens is 1. The molecule has 0 heterocycles. The minimum Gasteiger partial charge on any atom is -0.392 e. The van der Waals surface area contributed by atoms with Crippen molar-refractivity contribution in [2.45, 2.75) is 25.8 Å². The molecule has 96 valence electrons. The lowest BCUT2D eigenvalue weighted by atomic mass is 10.1. The summed E-state index contributed by atoms with van der Waals surface area (Å²) in [6.45, 7) is 1.90. The van der Waals surface area contributed by atoms with Crippen molar-refractivity contribution in [2.75, 3.05) is 0 Å². The van der Waals surface area contributed by atoms with Gasteiger partial charge in [0.05, 0.1) is 11.0 Å². The van der Waals surface area contributed by atoms with Crippen LogP contribution in [0.2, 0.25) is 5.02 Å². The summed E-state index contributed by atoms with van der Waals surface area (Å²) in [4.78, 5) is 12.5. The first-order valence-electron chi connectivity index (χ1n) is 5.85. The van der Waals surface area contributed by atoms with Crippen LogP contribution in [0.1, 0.15) is 28.8 Å². The van der Waals surface area contributed by atoms with Gasteiger partial charge in [0.2, 0.25) is 0 Å². The van der Waals surface area contributed by atoms with Crippen molar-refractivity contribution < 1.29 is 4.79 Å². The molecule has 1 amide bonds. The third-order valence-corrected chi connectivity index (χ3v) is 3.46. The summed E-state index contributed by atoms with van der Waals surface area (Å²) >= 11 is 10.9. The van der Waals surface area contributed by atoms with E-state index in [9.17, 15) is 4.79 Å². The highest BCUT2D eigenvalue weighted by Gasteiger charge is 2.34. The topological polar surface area (TPSA) is 55.1 Å². The second-order valence-electron chi connectivity index (χ2n) is 4.71. The summed E-state index contributed by atoms with van der Waals surface area (Å²) in [5, 5.41) is 3.44. The molecule has 1 aliphatic carbocycles. The lowest BCUT2D eigenvalue weighted by molar-refractivity contribution is 0.0943. The quantitative estimate of drug-likeness (QED) is 0.834. The average Bonchev–Trinajstić information content (AvgIpc) is 3.07. The molecule has 1 unspecified atom stereocenters. The number of benzene rings is 1. The van der Waals surface area contributed by atoms with Gasteiger partial charge in [0.1, 0.15) is 0 Å². The van der Waals surface area contributed by atoms with Gasteiger partial charge in [0.15, 0.2) is 0 Å². The lowest BCUT2D eigenvalue weighted by Gasteiger charge is -2.17. The number of nitrogens with one attached hydrogen (secondary N) is 1. The summed E-state index contributed by atoms with van der Waals surface area (Å²) in [6.07, 6.45) is 2.13. The van der Waals surface area contributed by atoms with Gasteiger partial charge in [-0.25, -0.2) is 0 Å². The van der Waals surface area contributed by atoms with Crippen molar-refractivity contribution in [2.24, 2.45) is 11.7 Å². The SMILES string of the molecule is Cc1cc(Cl)cc(C(=O)NC(C(N)=S)C2CC2)c1. The van der Waals surface area contributed by atoms with Gasteiger partial charge in [-0.05, 0) is 49.4 Å². The molecule has 0 aromatic heterocycles. The van der Waals surface area contributed by atoms with Crippen LogP contribution in [0.4, 0.5) is 0 Å². The number of nitrogens with two attached hydrogens (primary N) is 1. The first kappa shape index (κ1) is 13.3. The number of amides is 1. The first-order valence-corrected chi connectivity index (χ1v) is 6.63. The second kappa shape index (κ2) is 5.24. The highest BCUT2D eigenvalue weighted by atomic mass is 35.5. The van der Waals surface area contributed by atoms with E-state index in [2.05, 4.69) is 5.32 Å². The molecule has 1 fully saturated rings. The maximum absolute atomic E-state index is 12.1. The van der Waals surface area contributed by atoms with Crippen LogP contribution in [0.5, 0.6) is 0 Å². The van der Waals surface area contributed by atoms with Crippen LogP contribution in [-0.4, -0.2) is 16.9 Å². The fourth-order valence-electron chi connectivity index (χ4n) is 1.94. The summed E-state index contributed by atoms with van der Waals surface area (Å²) < 4.78 is 0. The Bertz CT molecular complexity index is 480. The molecule has 0 bridgehead atoms. The zero-order chi connectivity index (χ0) is 13.3. The normalized spacial score (nSPS) is 16.1. The predicted molar refractivity (Wildman–Crippen MR) is 77.0 cm³/mol. The number of hydrogen-bond acceptors (Lipinski definition) is 2. The Morgan fingerprint density at radius 1 is 1.50 bits per heavy atom. The molecule has 5 heteroatoms.